The number of carboxylic acids is 1. The standard InChI is InChI=1S/C12H19ClN2O2/c1-5-8(4)15-11(13)10(12(16)17)9(14-15)6-7(2)3/h7-8H,5-6H2,1-4H3,(H,16,17). The fourth-order valence-corrected chi connectivity index (χ4v) is 2.06. The van der Waals surface area contributed by atoms with Crippen molar-refractivity contribution in [3.05, 3.63) is 16.4 Å². The average Bonchev–Trinajstić information content (AvgIpc) is 2.53. The van der Waals surface area contributed by atoms with E-state index in [1.54, 1.807) is 4.68 Å². The van der Waals surface area contributed by atoms with Crippen molar-refractivity contribution in [2.75, 3.05) is 0 Å². The molecule has 17 heavy (non-hydrogen) atoms. The van der Waals surface area contributed by atoms with E-state index in [-0.39, 0.29) is 16.8 Å². The molecule has 0 aliphatic heterocycles. The molecule has 1 rings (SSSR count). The number of aromatic carboxylic acids is 1. The molecule has 0 bridgehead atoms. The first-order valence-corrected chi connectivity index (χ1v) is 6.26. The summed E-state index contributed by atoms with van der Waals surface area (Å²) in [6, 6.07) is 0.113. The van der Waals surface area contributed by atoms with Gasteiger partial charge in [0.15, 0.2) is 0 Å². The second kappa shape index (κ2) is 5.54. The first kappa shape index (κ1) is 14.0. The third-order valence-electron chi connectivity index (χ3n) is 2.75. The van der Waals surface area contributed by atoms with Gasteiger partial charge in [0.2, 0.25) is 0 Å². The van der Waals surface area contributed by atoms with Gasteiger partial charge in [-0.05, 0) is 25.7 Å². The van der Waals surface area contributed by atoms with Gasteiger partial charge in [0.05, 0.1) is 11.7 Å². The average molecular weight is 259 g/mol. The van der Waals surface area contributed by atoms with E-state index >= 15 is 0 Å². The third kappa shape index (κ3) is 3.00. The molecule has 1 aromatic rings. The summed E-state index contributed by atoms with van der Waals surface area (Å²) in [5, 5.41) is 13.8. The van der Waals surface area contributed by atoms with Crippen molar-refractivity contribution in [1.29, 1.82) is 0 Å². The van der Waals surface area contributed by atoms with Crippen molar-refractivity contribution < 1.29 is 9.90 Å². The van der Waals surface area contributed by atoms with Crippen LogP contribution in [0.3, 0.4) is 0 Å². The van der Waals surface area contributed by atoms with Gasteiger partial charge in [-0.2, -0.15) is 5.10 Å². The molecule has 0 spiro atoms. The maximum atomic E-state index is 11.2. The fraction of sp³-hybridized carbons (Fsp3) is 0.667. The molecule has 96 valence electrons. The topological polar surface area (TPSA) is 55.1 Å². The van der Waals surface area contributed by atoms with Crippen LogP contribution in [0.4, 0.5) is 0 Å². The molecule has 1 aromatic heterocycles. The van der Waals surface area contributed by atoms with E-state index in [1.807, 2.05) is 27.7 Å². The molecule has 0 saturated carbocycles. The van der Waals surface area contributed by atoms with Gasteiger partial charge in [-0.25, -0.2) is 4.79 Å². The highest BCUT2D eigenvalue weighted by Gasteiger charge is 2.24. The number of carbonyl (C=O) groups is 1. The SMILES string of the molecule is CCC(C)n1nc(CC(C)C)c(C(=O)O)c1Cl. The lowest BCUT2D eigenvalue weighted by Crippen LogP contribution is -2.06. The number of hydrogen-bond donors (Lipinski definition) is 1. The second-order valence-corrected chi connectivity index (χ2v) is 5.08. The molecule has 4 nitrogen and oxygen atoms in total. The van der Waals surface area contributed by atoms with E-state index in [2.05, 4.69) is 5.10 Å². The van der Waals surface area contributed by atoms with Gasteiger partial charge in [0.25, 0.3) is 0 Å². The molecule has 0 aliphatic rings. The Bertz CT molecular complexity index is 413. The molecule has 1 heterocycles. The minimum atomic E-state index is -1.000. The van der Waals surface area contributed by atoms with E-state index in [4.69, 9.17) is 11.6 Å². The van der Waals surface area contributed by atoms with Crippen LogP contribution in [0, 0.1) is 5.92 Å². The molecule has 0 saturated heterocycles. The maximum absolute atomic E-state index is 11.2. The van der Waals surface area contributed by atoms with Crippen molar-refractivity contribution in [2.24, 2.45) is 5.92 Å². The van der Waals surface area contributed by atoms with E-state index in [0.29, 0.717) is 18.0 Å². The van der Waals surface area contributed by atoms with Crippen LogP contribution in [0.1, 0.15) is 56.2 Å². The van der Waals surface area contributed by atoms with Crippen LogP contribution in [0.5, 0.6) is 0 Å². The van der Waals surface area contributed by atoms with Crippen molar-refractivity contribution >= 4 is 17.6 Å². The highest BCUT2D eigenvalue weighted by Crippen LogP contribution is 2.26. The molecule has 0 aliphatic carbocycles. The number of rotatable bonds is 5. The van der Waals surface area contributed by atoms with Crippen LogP contribution >= 0.6 is 11.6 Å². The highest BCUT2D eigenvalue weighted by atomic mass is 35.5. The smallest absolute Gasteiger partial charge is 0.340 e. The first-order valence-electron chi connectivity index (χ1n) is 5.88. The van der Waals surface area contributed by atoms with Crippen LogP contribution < -0.4 is 0 Å². The summed E-state index contributed by atoms with van der Waals surface area (Å²) >= 11 is 6.10. The summed E-state index contributed by atoms with van der Waals surface area (Å²) in [4.78, 5) is 11.2. The summed E-state index contributed by atoms with van der Waals surface area (Å²) in [7, 11) is 0. The van der Waals surface area contributed by atoms with Crippen molar-refractivity contribution in [3.8, 4) is 0 Å². The van der Waals surface area contributed by atoms with Crippen LogP contribution in [0.25, 0.3) is 0 Å². The van der Waals surface area contributed by atoms with Gasteiger partial charge in [-0.15, -0.1) is 0 Å². The normalized spacial score (nSPS) is 13.1. The molecule has 1 N–H and O–H groups in total. The van der Waals surface area contributed by atoms with Gasteiger partial charge < -0.3 is 5.11 Å². The van der Waals surface area contributed by atoms with E-state index in [9.17, 15) is 9.90 Å². The molecule has 1 atom stereocenters. The minimum Gasteiger partial charge on any atom is -0.478 e. The molecule has 0 aromatic carbocycles. The molecular formula is C12H19ClN2O2. The van der Waals surface area contributed by atoms with Gasteiger partial charge in [0.1, 0.15) is 10.7 Å². The Morgan fingerprint density at radius 2 is 2.06 bits per heavy atom. The Hall–Kier alpha value is -1.03. The molecule has 1 unspecified atom stereocenters. The first-order chi connectivity index (χ1) is 7.88. The largest absolute Gasteiger partial charge is 0.478 e. The van der Waals surface area contributed by atoms with Crippen molar-refractivity contribution in [3.63, 3.8) is 0 Å². The summed E-state index contributed by atoms with van der Waals surface area (Å²) in [6.07, 6.45) is 1.49. The zero-order chi connectivity index (χ0) is 13.2. The third-order valence-corrected chi connectivity index (χ3v) is 3.11. The second-order valence-electron chi connectivity index (χ2n) is 4.72. The molecule has 0 radical (unpaired) electrons. The quantitative estimate of drug-likeness (QED) is 0.881. The van der Waals surface area contributed by atoms with Crippen LogP contribution in [0.15, 0.2) is 0 Å². The fourth-order valence-electron chi connectivity index (χ4n) is 1.66. The minimum absolute atomic E-state index is 0.113. The monoisotopic (exact) mass is 258 g/mol. The van der Waals surface area contributed by atoms with Crippen LogP contribution in [-0.4, -0.2) is 20.9 Å². The number of aromatic nitrogens is 2. The Balaban J connectivity index is 3.24. The van der Waals surface area contributed by atoms with Gasteiger partial charge >= 0.3 is 5.97 Å². The molecule has 0 amide bonds. The predicted octanol–water partition coefficient (Wildman–Crippen LogP) is 3.40. The van der Waals surface area contributed by atoms with Gasteiger partial charge in [-0.3, -0.25) is 4.68 Å². The summed E-state index contributed by atoms with van der Waals surface area (Å²) in [5.41, 5.74) is 0.735. The van der Waals surface area contributed by atoms with E-state index < -0.39 is 5.97 Å². The maximum Gasteiger partial charge on any atom is 0.340 e. The molecule has 0 fully saturated rings. The predicted molar refractivity (Wildman–Crippen MR) is 67.7 cm³/mol. The Kier molecular flexibility index (Phi) is 4.57. The summed E-state index contributed by atoms with van der Waals surface area (Å²) < 4.78 is 1.61. The lowest BCUT2D eigenvalue weighted by Gasteiger charge is -2.10. The van der Waals surface area contributed by atoms with E-state index in [1.165, 1.54) is 0 Å². The highest BCUT2D eigenvalue weighted by molar-refractivity contribution is 6.32. The van der Waals surface area contributed by atoms with Crippen molar-refractivity contribution in [2.45, 2.75) is 46.6 Å². The lowest BCUT2D eigenvalue weighted by molar-refractivity contribution is 0.0695. The molecular weight excluding hydrogens is 240 g/mol. The van der Waals surface area contributed by atoms with Gasteiger partial charge in [0, 0.05) is 0 Å². The Morgan fingerprint density at radius 3 is 2.47 bits per heavy atom. The van der Waals surface area contributed by atoms with Crippen molar-refractivity contribution in [1.82, 2.24) is 9.78 Å². The number of hydrogen-bond acceptors (Lipinski definition) is 2. The Morgan fingerprint density at radius 1 is 1.47 bits per heavy atom. The summed E-state index contributed by atoms with van der Waals surface area (Å²) in [6.45, 7) is 8.05. The van der Waals surface area contributed by atoms with Gasteiger partial charge in [-0.1, -0.05) is 32.4 Å². The number of halogens is 1. The number of nitrogens with zero attached hydrogens (tertiary/aromatic N) is 2. The Labute approximate surface area is 107 Å². The lowest BCUT2D eigenvalue weighted by atomic mass is 10.1. The summed E-state index contributed by atoms with van der Waals surface area (Å²) in [5.74, 6) is -0.648. The van der Waals surface area contributed by atoms with E-state index in [0.717, 1.165) is 6.42 Å². The van der Waals surface area contributed by atoms with Crippen LogP contribution in [-0.2, 0) is 6.42 Å². The number of carboxylic acid groups (broad SMARTS) is 1. The van der Waals surface area contributed by atoms with Crippen LogP contribution in [0.2, 0.25) is 5.15 Å². The zero-order valence-electron chi connectivity index (χ0n) is 10.7. The zero-order valence-corrected chi connectivity index (χ0v) is 11.5. The molecule has 5 heteroatoms.